The number of aryl methyl sites for hydroxylation is 3. The summed E-state index contributed by atoms with van der Waals surface area (Å²) in [4.78, 5) is 9.81. The second-order valence-electron chi connectivity index (χ2n) is 6.68. The highest BCUT2D eigenvalue weighted by molar-refractivity contribution is 9.10. The third-order valence-corrected chi connectivity index (χ3v) is 5.53. The molecule has 0 amide bonds. The topological polar surface area (TPSA) is 39.9 Å². The summed E-state index contributed by atoms with van der Waals surface area (Å²) < 4.78 is 8.81. The molecule has 0 unspecified atom stereocenters. The summed E-state index contributed by atoms with van der Waals surface area (Å²) in [5, 5.41) is 0. The molecule has 1 aliphatic rings. The quantitative estimate of drug-likeness (QED) is 0.635. The minimum Gasteiger partial charge on any atom is -0.378 e. The van der Waals surface area contributed by atoms with Crippen LogP contribution in [0.4, 0.5) is 0 Å². The highest BCUT2D eigenvalue weighted by Crippen LogP contribution is 2.38. The first kappa shape index (κ1) is 16.7. The van der Waals surface area contributed by atoms with E-state index in [9.17, 15) is 0 Å². The minimum atomic E-state index is 0.313. The van der Waals surface area contributed by atoms with Crippen molar-refractivity contribution < 1.29 is 4.74 Å². The lowest BCUT2D eigenvalue weighted by Gasteiger charge is -2.17. The maximum atomic E-state index is 5.30. The zero-order chi connectivity index (χ0) is 17.6. The van der Waals surface area contributed by atoms with Gasteiger partial charge in [-0.05, 0) is 54.7 Å². The minimum absolute atomic E-state index is 0.313. The van der Waals surface area contributed by atoms with Crippen LogP contribution in [0.1, 0.15) is 47.6 Å². The van der Waals surface area contributed by atoms with Gasteiger partial charge in [-0.1, -0.05) is 28.9 Å². The molecular formula is C20H22BrN3O. The number of benzene rings is 1. The summed E-state index contributed by atoms with van der Waals surface area (Å²) in [6.07, 6.45) is 3.09. The lowest BCUT2D eigenvalue weighted by atomic mass is 10.1. The average Bonchev–Trinajstić information content (AvgIpc) is 3.15. The van der Waals surface area contributed by atoms with Crippen molar-refractivity contribution >= 4 is 27.1 Å². The molecule has 0 N–H and O–H groups in total. The van der Waals surface area contributed by atoms with E-state index in [-0.39, 0.29) is 0 Å². The van der Waals surface area contributed by atoms with Crippen LogP contribution in [0.3, 0.4) is 0 Å². The first-order valence-corrected chi connectivity index (χ1v) is 9.56. The molecule has 1 aliphatic carbocycles. The van der Waals surface area contributed by atoms with E-state index in [0.29, 0.717) is 12.6 Å². The fraction of sp³-hybridized carbons (Fsp3) is 0.400. The molecule has 2 aromatic heterocycles. The molecule has 130 valence electrons. The third kappa shape index (κ3) is 2.79. The third-order valence-electron chi connectivity index (χ3n) is 5.04. The van der Waals surface area contributed by atoms with E-state index in [0.717, 1.165) is 46.4 Å². The molecule has 4 rings (SSSR count). The van der Waals surface area contributed by atoms with E-state index in [1.165, 1.54) is 16.7 Å². The highest BCUT2D eigenvalue weighted by Gasteiger charge is 2.28. The van der Waals surface area contributed by atoms with Crippen LogP contribution in [0.15, 0.2) is 28.7 Å². The van der Waals surface area contributed by atoms with Gasteiger partial charge in [0.05, 0.1) is 18.3 Å². The van der Waals surface area contributed by atoms with Gasteiger partial charge in [0, 0.05) is 18.0 Å². The number of fused-ring (bicyclic) bond motifs is 2. The van der Waals surface area contributed by atoms with Crippen molar-refractivity contribution in [1.29, 1.82) is 0 Å². The number of hydrogen-bond acceptors (Lipinski definition) is 3. The van der Waals surface area contributed by atoms with Gasteiger partial charge in [0.2, 0.25) is 0 Å². The molecule has 0 spiro atoms. The predicted octanol–water partition coefficient (Wildman–Crippen LogP) is 4.75. The van der Waals surface area contributed by atoms with E-state index in [1.807, 2.05) is 0 Å². The fourth-order valence-electron chi connectivity index (χ4n) is 3.96. The standard InChI is InChI=1S/C20H22BrN3O/c1-4-18-23-19-12(2)9-15(11-25-3)22-20(19)24(18)17-8-5-13-10-14(21)6-7-16(13)17/h6-7,9-10,17H,4-5,8,11H2,1-3H3/t17-/m0/s1. The SMILES string of the molecule is CCc1nc2c(C)cc(COC)nc2n1[C@H]1CCc2cc(Br)ccc21. The van der Waals surface area contributed by atoms with Crippen LogP contribution >= 0.6 is 15.9 Å². The monoisotopic (exact) mass is 399 g/mol. The van der Waals surface area contributed by atoms with Crippen LogP contribution in [0.2, 0.25) is 0 Å². The molecule has 4 nitrogen and oxygen atoms in total. The van der Waals surface area contributed by atoms with Crippen molar-refractivity contribution in [3.63, 3.8) is 0 Å². The Hall–Kier alpha value is -1.72. The van der Waals surface area contributed by atoms with Crippen molar-refractivity contribution in [2.24, 2.45) is 0 Å². The lowest BCUT2D eigenvalue weighted by Crippen LogP contribution is -2.12. The van der Waals surface area contributed by atoms with Crippen LogP contribution < -0.4 is 0 Å². The molecule has 0 fully saturated rings. The van der Waals surface area contributed by atoms with E-state index >= 15 is 0 Å². The predicted molar refractivity (Wildman–Crippen MR) is 103 cm³/mol. The zero-order valence-corrected chi connectivity index (χ0v) is 16.4. The molecule has 0 bridgehead atoms. The van der Waals surface area contributed by atoms with E-state index in [2.05, 4.69) is 58.6 Å². The Morgan fingerprint density at radius 2 is 2.12 bits per heavy atom. The molecular weight excluding hydrogens is 378 g/mol. The van der Waals surface area contributed by atoms with Crippen molar-refractivity contribution in [3.05, 3.63) is 56.9 Å². The molecule has 3 aromatic rings. The van der Waals surface area contributed by atoms with Crippen LogP contribution in [0.5, 0.6) is 0 Å². The van der Waals surface area contributed by atoms with E-state index in [1.54, 1.807) is 7.11 Å². The Labute approximate surface area is 156 Å². The second kappa shape index (κ2) is 6.54. The molecule has 0 saturated carbocycles. The summed E-state index contributed by atoms with van der Waals surface area (Å²) in [5.74, 6) is 1.11. The number of methoxy groups -OCH3 is 1. The number of rotatable bonds is 4. The second-order valence-corrected chi connectivity index (χ2v) is 7.60. The molecule has 0 saturated heterocycles. The summed E-state index contributed by atoms with van der Waals surface area (Å²) in [7, 11) is 1.71. The normalized spacial score (nSPS) is 16.6. The largest absolute Gasteiger partial charge is 0.378 e. The van der Waals surface area contributed by atoms with Crippen LogP contribution in [-0.4, -0.2) is 21.6 Å². The van der Waals surface area contributed by atoms with Crippen LogP contribution in [-0.2, 0) is 24.2 Å². The smallest absolute Gasteiger partial charge is 0.161 e. The van der Waals surface area contributed by atoms with Gasteiger partial charge in [0.15, 0.2) is 5.65 Å². The maximum absolute atomic E-state index is 5.30. The Kier molecular flexibility index (Phi) is 4.38. The van der Waals surface area contributed by atoms with Gasteiger partial charge in [-0.25, -0.2) is 9.97 Å². The Morgan fingerprint density at radius 1 is 1.28 bits per heavy atom. The van der Waals surface area contributed by atoms with Gasteiger partial charge in [-0.3, -0.25) is 0 Å². The molecule has 25 heavy (non-hydrogen) atoms. The number of pyridine rings is 1. The van der Waals surface area contributed by atoms with Gasteiger partial charge in [0.25, 0.3) is 0 Å². The summed E-state index contributed by atoms with van der Waals surface area (Å²) in [6.45, 7) is 4.80. The molecule has 0 aliphatic heterocycles. The first-order chi connectivity index (χ1) is 12.1. The Morgan fingerprint density at radius 3 is 2.88 bits per heavy atom. The van der Waals surface area contributed by atoms with Crippen molar-refractivity contribution in [1.82, 2.24) is 14.5 Å². The Bertz CT molecular complexity index is 948. The highest BCUT2D eigenvalue weighted by atomic mass is 79.9. The molecule has 2 heterocycles. The van der Waals surface area contributed by atoms with Gasteiger partial charge < -0.3 is 9.30 Å². The molecule has 1 atom stereocenters. The number of ether oxygens (including phenoxy) is 1. The zero-order valence-electron chi connectivity index (χ0n) is 14.8. The molecule has 0 radical (unpaired) electrons. The van der Waals surface area contributed by atoms with E-state index < -0.39 is 0 Å². The van der Waals surface area contributed by atoms with Gasteiger partial charge in [-0.15, -0.1) is 0 Å². The lowest BCUT2D eigenvalue weighted by molar-refractivity contribution is 0.181. The summed E-state index contributed by atoms with van der Waals surface area (Å²) >= 11 is 3.59. The van der Waals surface area contributed by atoms with Crippen LogP contribution in [0.25, 0.3) is 11.2 Å². The first-order valence-electron chi connectivity index (χ1n) is 8.77. The number of hydrogen-bond donors (Lipinski definition) is 0. The van der Waals surface area contributed by atoms with Gasteiger partial charge >= 0.3 is 0 Å². The summed E-state index contributed by atoms with van der Waals surface area (Å²) in [5.41, 5.74) is 6.96. The van der Waals surface area contributed by atoms with Gasteiger partial charge in [0.1, 0.15) is 11.3 Å². The van der Waals surface area contributed by atoms with Crippen molar-refractivity contribution in [2.75, 3.05) is 7.11 Å². The summed E-state index contributed by atoms with van der Waals surface area (Å²) in [6, 6.07) is 9.02. The van der Waals surface area contributed by atoms with Crippen molar-refractivity contribution in [3.8, 4) is 0 Å². The van der Waals surface area contributed by atoms with E-state index in [4.69, 9.17) is 14.7 Å². The Balaban J connectivity index is 1.92. The molecule has 1 aromatic carbocycles. The van der Waals surface area contributed by atoms with Gasteiger partial charge in [-0.2, -0.15) is 0 Å². The molecule has 5 heteroatoms. The number of imidazole rings is 1. The van der Waals surface area contributed by atoms with Crippen molar-refractivity contribution in [2.45, 2.75) is 45.8 Å². The van der Waals surface area contributed by atoms with Crippen LogP contribution in [0, 0.1) is 6.92 Å². The number of nitrogens with zero attached hydrogens (tertiary/aromatic N) is 3. The average molecular weight is 400 g/mol. The number of halogens is 1. The maximum Gasteiger partial charge on any atom is 0.161 e. The fourth-order valence-corrected chi connectivity index (χ4v) is 4.37. The number of aromatic nitrogens is 3.